The Labute approximate surface area is 397 Å². The molecule has 0 rings (SSSR count). The van der Waals surface area contributed by atoms with Crippen molar-refractivity contribution in [1.29, 1.82) is 0 Å². The maximum Gasteiger partial charge on any atom is 0.306 e. The van der Waals surface area contributed by atoms with E-state index in [9.17, 15) is 14.7 Å². The van der Waals surface area contributed by atoms with Crippen LogP contribution in [0.25, 0.3) is 0 Å². The van der Waals surface area contributed by atoms with Crippen molar-refractivity contribution < 1.29 is 24.2 Å². The van der Waals surface area contributed by atoms with E-state index in [0.717, 1.165) is 70.6 Å². The lowest BCUT2D eigenvalue weighted by atomic mass is 10.0. The Morgan fingerprint density at radius 3 is 1.02 bits per heavy atom. The Bertz CT molecular complexity index is 1150. The van der Waals surface area contributed by atoms with Crippen LogP contribution in [0.15, 0.2) is 72.9 Å². The van der Waals surface area contributed by atoms with Crippen LogP contribution in [0.5, 0.6) is 0 Å². The number of carbonyl (C=O) groups is 2. The van der Waals surface area contributed by atoms with Crippen molar-refractivity contribution in [2.75, 3.05) is 13.2 Å². The largest absolute Gasteiger partial charge is 0.462 e. The maximum atomic E-state index is 12.3. The molecule has 0 bridgehead atoms. The molecule has 0 spiro atoms. The van der Waals surface area contributed by atoms with E-state index in [-0.39, 0.29) is 25.2 Å². The minimum absolute atomic E-state index is 0.0681. The van der Waals surface area contributed by atoms with Gasteiger partial charge in [-0.25, -0.2) is 0 Å². The van der Waals surface area contributed by atoms with Gasteiger partial charge in [0.15, 0.2) is 6.10 Å². The quantitative estimate of drug-likeness (QED) is 0.0374. The molecule has 1 unspecified atom stereocenters. The Morgan fingerprint density at radius 2 is 0.672 bits per heavy atom. The summed E-state index contributed by atoms with van der Waals surface area (Å²) < 4.78 is 10.7. The predicted molar refractivity (Wildman–Crippen MR) is 279 cm³/mol. The zero-order valence-electron chi connectivity index (χ0n) is 42.3. The van der Waals surface area contributed by atoms with E-state index in [1.165, 1.54) is 173 Å². The summed E-state index contributed by atoms with van der Waals surface area (Å²) in [7, 11) is 0. The van der Waals surface area contributed by atoms with Crippen LogP contribution in [0, 0.1) is 0 Å². The second-order valence-corrected chi connectivity index (χ2v) is 18.3. The van der Waals surface area contributed by atoms with Gasteiger partial charge in [0.1, 0.15) is 6.61 Å². The molecular formula is C59H104O5. The number of unbranched alkanes of at least 4 members (excludes halogenated alkanes) is 30. The van der Waals surface area contributed by atoms with E-state index in [2.05, 4.69) is 86.8 Å². The minimum Gasteiger partial charge on any atom is -0.462 e. The Morgan fingerprint density at radius 1 is 0.375 bits per heavy atom. The first-order valence-corrected chi connectivity index (χ1v) is 27.5. The second kappa shape index (κ2) is 54.7. The van der Waals surface area contributed by atoms with Crippen LogP contribution in [-0.2, 0) is 19.1 Å². The molecule has 5 heteroatoms. The molecule has 1 N–H and O–H groups in total. The summed E-state index contributed by atoms with van der Waals surface area (Å²) in [6.07, 6.45) is 74.4. The average molecular weight is 893 g/mol. The maximum absolute atomic E-state index is 12.3. The highest BCUT2D eigenvalue weighted by Crippen LogP contribution is 2.16. The summed E-state index contributed by atoms with van der Waals surface area (Å²) in [4.78, 5) is 24.5. The standard InChI is InChI=1S/C59H104O5/c1-3-5-7-9-11-13-15-17-19-21-23-25-26-27-28-29-30-31-32-34-36-38-40-42-44-46-48-50-52-54-59(62)64-57(55-60)56-63-58(61)53-51-49-47-45-43-41-39-37-35-33-24-22-20-18-16-14-12-10-8-6-4-2/h5,7,11,13,16-19,22-25,57,60H,3-4,6,8-10,12,14-15,20-21,26-56H2,1-2H3/b7-5-,13-11-,18-16-,19-17-,24-22-,25-23-. The van der Waals surface area contributed by atoms with Gasteiger partial charge in [0.05, 0.1) is 6.61 Å². The molecule has 0 aliphatic carbocycles. The molecule has 0 aromatic rings. The molecule has 0 saturated carbocycles. The topological polar surface area (TPSA) is 72.8 Å². The fraction of sp³-hybridized carbons (Fsp3) is 0.763. The number of rotatable bonds is 50. The molecule has 0 heterocycles. The molecule has 0 aliphatic rings. The highest BCUT2D eigenvalue weighted by Gasteiger charge is 2.16. The lowest BCUT2D eigenvalue weighted by Crippen LogP contribution is -2.28. The van der Waals surface area contributed by atoms with Gasteiger partial charge in [-0.15, -0.1) is 0 Å². The van der Waals surface area contributed by atoms with Crippen molar-refractivity contribution in [1.82, 2.24) is 0 Å². The molecule has 5 nitrogen and oxygen atoms in total. The van der Waals surface area contributed by atoms with Crippen molar-refractivity contribution >= 4 is 11.9 Å². The summed E-state index contributed by atoms with van der Waals surface area (Å²) in [5, 5.41) is 9.65. The van der Waals surface area contributed by atoms with Crippen LogP contribution >= 0.6 is 0 Å². The van der Waals surface area contributed by atoms with Crippen LogP contribution in [0.1, 0.15) is 271 Å². The fourth-order valence-electron chi connectivity index (χ4n) is 7.87. The van der Waals surface area contributed by atoms with Crippen molar-refractivity contribution in [3.63, 3.8) is 0 Å². The number of hydrogen-bond donors (Lipinski definition) is 1. The molecule has 0 aromatic carbocycles. The van der Waals surface area contributed by atoms with E-state index >= 15 is 0 Å². The van der Waals surface area contributed by atoms with Crippen LogP contribution < -0.4 is 0 Å². The van der Waals surface area contributed by atoms with Gasteiger partial charge in [-0.2, -0.15) is 0 Å². The third-order valence-electron chi connectivity index (χ3n) is 12.0. The molecule has 1 atom stereocenters. The van der Waals surface area contributed by atoms with Gasteiger partial charge in [0.2, 0.25) is 0 Å². The number of hydrogen-bond acceptors (Lipinski definition) is 5. The summed E-state index contributed by atoms with van der Waals surface area (Å²) in [6.45, 7) is 4.04. The normalized spacial score (nSPS) is 12.7. The van der Waals surface area contributed by atoms with Crippen molar-refractivity contribution in [3.8, 4) is 0 Å². The van der Waals surface area contributed by atoms with Gasteiger partial charge in [-0.1, -0.05) is 247 Å². The van der Waals surface area contributed by atoms with Crippen molar-refractivity contribution in [3.05, 3.63) is 72.9 Å². The van der Waals surface area contributed by atoms with Gasteiger partial charge in [0.25, 0.3) is 0 Å². The van der Waals surface area contributed by atoms with Crippen LogP contribution in [0.4, 0.5) is 0 Å². The first kappa shape index (κ1) is 61.3. The van der Waals surface area contributed by atoms with E-state index < -0.39 is 6.10 Å². The van der Waals surface area contributed by atoms with Crippen LogP contribution in [-0.4, -0.2) is 36.4 Å². The minimum atomic E-state index is -0.776. The number of carbonyl (C=O) groups excluding carboxylic acids is 2. The van der Waals surface area contributed by atoms with Crippen LogP contribution in [0.3, 0.4) is 0 Å². The van der Waals surface area contributed by atoms with E-state index in [4.69, 9.17) is 9.47 Å². The molecule has 0 aliphatic heterocycles. The molecule has 0 amide bonds. The van der Waals surface area contributed by atoms with Gasteiger partial charge in [-0.3, -0.25) is 9.59 Å². The number of ether oxygens (including phenoxy) is 2. The molecule has 0 aromatic heterocycles. The number of aliphatic hydroxyl groups excluding tert-OH is 1. The van der Waals surface area contributed by atoms with Gasteiger partial charge >= 0.3 is 11.9 Å². The lowest BCUT2D eigenvalue weighted by molar-refractivity contribution is -0.161. The van der Waals surface area contributed by atoms with Gasteiger partial charge < -0.3 is 14.6 Å². The lowest BCUT2D eigenvalue weighted by Gasteiger charge is -2.15. The van der Waals surface area contributed by atoms with Gasteiger partial charge in [-0.05, 0) is 83.5 Å². The highest BCUT2D eigenvalue weighted by molar-refractivity contribution is 5.70. The van der Waals surface area contributed by atoms with E-state index in [1.807, 2.05) is 0 Å². The highest BCUT2D eigenvalue weighted by atomic mass is 16.6. The average Bonchev–Trinajstić information content (AvgIpc) is 3.30. The van der Waals surface area contributed by atoms with E-state index in [0.29, 0.717) is 12.8 Å². The molecule has 0 saturated heterocycles. The molecular weight excluding hydrogens is 789 g/mol. The van der Waals surface area contributed by atoms with Crippen LogP contribution in [0.2, 0.25) is 0 Å². The zero-order chi connectivity index (χ0) is 46.3. The summed E-state index contributed by atoms with van der Waals surface area (Å²) in [5.41, 5.74) is 0. The summed E-state index contributed by atoms with van der Waals surface area (Å²) in [5.74, 6) is -0.588. The van der Waals surface area contributed by atoms with Gasteiger partial charge in [0, 0.05) is 12.8 Å². The molecule has 0 radical (unpaired) electrons. The first-order valence-electron chi connectivity index (χ1n) is 27.5. The smallest absolute Gasteiger partial charge is 0.306 e. The van der Waals surface area contributed by atoms with Crippen molar-refractivity contribution in [2.24, 2.45) is 0 Å². The SMILES string of the molecule is CC/C=C\C/C=C\C/C=C\C/C=C\CCCCCCCCCCCCCCCCCCC(=O)OC(CO)COC(=O)CCCCCCCCCCC/C=C\C/C=C\CCCCCCC. The second-order valence-electron chi connectivity index (χ2n) is 18.3. The number of aliphatic hydroxyl groups is 1. The molecule has 370 valence electrons. The number of esters is 2. The fourth-order valence-corrected chi connectivity index (χ4v) is 7.87. The Balaban J connectivity index is 3.48. The summed E-state index contributed by atoms with van der Waals surface area (Å²) in [6, 6.07) is 0. The number of allylic oxidation sites excluding steroid dienone is 12. The summed E-state index contributed by atoms with van der Waals surface area (Å²) >= 11 is 0. The zero-order valence-corrected chi connectivity index (χ0v) is 42.3. The predicted octanol–water partition coefficient (Wildman–Crippen LogP) is 18.4. The Hall–Kier alpha value is -2.66. The first-order chi connectivity index (χ1) is 31.6. The van der Waals surface area contributed by atoms with Crippen molar-refractivity contribution in [2.45, 2.75) is 277 Å². The molecule has 0 fully saturated rings. The van der Waals surface area contributed by atoms with E-state index in [1.54, 1.807) is 0 Å². The molecule has 64 heavy (non-hydrogen) atoms. The monoisotopic (exact) mass is 893 g/mol. The Kier molecular flexibility index (Phi) is 52.4. The third-order valence-corrected chi connectivity index (χ3v) is 12.0. The third kappa shape index (κ3) is 52.0.